The van der Waals surface area contributed by atoms with Gasteiger partial charge in [-0.1, -0.05) is 11.8 Å². The number of thioether (sulfide) groups is 1. The van der Waals surface area contributed by atoms with Crippen LogP contribution in [0.2, 0.25) is 0 Å². The number of nitrogens with zero attached hydrogens (tertiary/aromatic N) is 5. The first kappa shape index (κ1) is 18.2. The van der Waals surface area contributed by atoms with Gasteiger partial charge in [-0.2, -0.15) is 0 Å². The maximum Gasteiger partial charge on any atom is 0.233 e. The van der Waals surface area contributed by atoms with Crippen molar-refractivity contribution in [2.24, 2.45) is 0 Å². The van der Waals surface area contributed by atoms with Gasteiger partial charge in [-0.15, -0.1) is 10.2 Å². The van der Waals surface area contributed by atoms with E-state index in [1.54, 1.807) is 24.3 Å². The third kappa shape index (κ3) is 4.13. The topological polar surface area (TPSA) is 77.0 Å². The fourth-order valence-electron chi connectivity index (χ4n) is 2.52. The molecule has 0 aromatic carbocycles. The van der Waals surface area contributed by atoms with Crippen molar-refractivity contribution in [3.63, 3.8) is 0 Å². The van der Waals surface area contributed by atoms with E-state index in [4.69, 9.17) is 4.42 Å². The summed E-state index contributed by atoms with van der Waals surface area (Å²) in [5.74, 6) is 2.71. The standard InChI is InChI=1S/C18H21N5O2S/c1-4-23-17(14-7-9-19-10-8-14)20-21-18(23)26-12-16(24)22(3)11-15-6-5-13(2)25-15/h5-10H,4,11-12H2,1-3H3. The number of carbonyl (C=O) groups is 1. The summed E-state index contributed by atoms with van der Waals surface area (Å²) in [6.45, 7) is 5.10. The van der Waals surface area contributed by atoms with Crippen LogP contribution in [0.4, 0.5) is 0 Å². The molecule has 0 aliphatic heterocycles. The van der Waals surface area contributed by atoms with Crippen molar-refractivity contribution in [3.05, 3.63) is 48.2 Å². The van der Waals surface area contributed by atoms with Gasteiger partial charge in [0.05, 0.1) is 12.3 Å². The van der Waals surface area contributed by atoms with Crippen LogP contribution in [-0.2, 0) is 17.9 Å². The minimum atomic E-state index is 0.0140. The van der Waals surface area contributed by atoms with Gasteiger partial charge >= 0.3 is 0 Å². The SMILES string of the molecule is CCn1c(SCC(=O)N(C)Cc2ccc(C)o2)nnc1-c1ccncc1. The average molecular weight is 371 g/mol. The van der Waals surface area contributed by atoms with Crippen LogP contribution >= 0.6 is 11.8 Å². The van der Waals surface area contributed by atoms with Crippen LogP contribution in [-0.4, -0.2) is 43.4 Å². The Balaban J connectivity index is 1.64. The summed E-state index contributed by atoms with van der Waals surface area (Å²) in [7, 11) is 1.77. The maximum atomic E-state index is 12.4. The number of furan rings is 1. The van der Waals surface area contributed by atoms with E-state index in [0.29, 0.717) is 12.3 Å². The summed E-state index contributed by atoms with van der Waals surface area (Å²) in [6.07, 6.45) is 3.46. The highest BCUT2D eigenvalue weighted by atomic mass is 32.2. The lowest BCUT2D eigenvalue weighted by atomic mass is 10.2. The molecule has 3 heterocycles. The molecule has 136 valence electrons. The van der Waals surface area contributed by atoms with Gasteiger partial charge in [0.1, 0.15) is 11.5 Å². The molecule has 3 rings (SSSR count). The third-order valence-corrected chi connectivity index (χ3v) is 4.86. The molecule has 0 aliphatic carbocycles. The van der Waals surface area contributed by atoms with Crippen LogP contribution < -0.4 is 0 Å². The Bertz CT molecular complexity index is 875. The molecule has 0 saturated carbocycles. The summed E-state index contributed by atoms with van der Waals surface area (Å²) < 4.78 is 7.53. The van der Waals surface area contributed by atoms with Crippen LogP contribution in [0.25, 0.3) is 11.4 Å². The van der Waals surface area contributed by atoms with E-state index in [1.165, 1.54) is 11.8 Å². The number of rotatable bonds is 7. The van der Waals surface area contributed by atoms with Crippen molar-refractivity contribution in [1.29, 1.82) is 0 Å². The molecule has 0 N–H and O–H groups in total. The molecule has 0 saturated heterocycles. The number of aryl methyl sites for hydroxylation is 1. The molecule has 26 heavy (non-hydrogen) atoms. The summed E-state index contributed by atoms with van der Waals surface area (Å²) in [6, 6.07) is 7.58. The van der Waals surface area contributed by atoms with E-state index >= 15 is 0 Å². The second kappa shape index (κ2) is 8.18. The zero-order chi connectivity index (χ0) is 18.5. The zero-order valence-electron chi connectivity index (χ0n) is 15.0. The van der Waals surface area contributed by atoms with Crippen LogP contribution in [0.3, 0.4) is 0 Å². The fourth-order valence-corrected chi connectivity index (χ4v) is 3.47. The number of amides is 1. The van der Waals surface area contributed by atoms with Crippen molar-refractivity contribution < 1.29 is 9.21 Å². The lowest BCUT2D eigenvalue weighted by Crippen LogP contribution is -2.27. The molecule has 7 nitrogen and oxygen atoms in total. The Labute approximate surface area is 156 Å². The van der Waals surface area contributed by atoms with Crippen LogP contribution in [0.1, 0.15) is 18.4 Å². The monoisotopic (exact) mass is 371 g/mol. The molecule has 3 aromatic rings. The molecular weight excluding hydrogens is 350 g/mol. The summed E-state index contributed by atoms with van der Waals surface area (Å²) >= 11 is 1.39. The Morgan fingerprint density at radius 1 is 1.23 bits per heavy atom. The van der Waals surface area contributed by atoms with Gasteiger partial charge in [0, 0.05) is 31.5 Å². The Morgan fingerprint density at radius 3 is 2.65 bits per heavy atom. The van der Waals surface area contributed by atoms with E-state index < -0.39 is 0 Å². The smallest absolute Gasteiger partial charge is 0.233 e. The first-order chi connectivity index (χ1) is 12.6. The molecule has 0 aliphatic rings. The molecular formula is C18H21N5O2S. The van der Waals surface area contributed by atoms with E-state index in [1.807, 2.05) is 42.7 Å². The minimum absolute atomic E-state index is 0.0140. The van der Waals surface area contributed by atoms with Crippen LogP contribution in [0, 0.1) is 6.92 Å². The highest BCUT2D eigenvalue weighted by Crippen LogP contribution is 2.23. The number of hydrogen-bond donors (Lipinski definition) is 0. The molecule has 0 spiro atoms. The highest BCUT2D eigenvalue weighted by Gasteiger charge is 2.16. The Hall–Kier alpha value is -2.61. The third-order valence-electron chi connectivity index (χ3n) is 3.91. The second-order valence-corrected chi connectivity index (χ2v) is 6.78. The second-order valence-electron chi connectivity index (χ2n) is 5.84. The molecule has 0 unspecified atom stereocenters. The molecule has 3 aromatic heterocycles. The summed E-state index contributed by atoms with van der Waals surface area (Å²) in [4.78, 5) is 18.1. The zero-order valence-corrected chi connectivity index (χ0v) is 15.9. The fraction of sp³-hybridized carbons (Fsp3) is 0.333. The summed E-state index contributed by atoms with van der Waals surface area (Å²) in [5.41, 5.74) is 0.956. The van der Waals surface area contributed by atoms with E-state index in [2.05, 4.69) is 15.2 Å². The molecule has 0 radical (unpaired) electrons. The molecule has 0 fully saturated rings. The Morgan fingerprint density at radius 2 is 2.00 bits per heavy atom. The van der Waals surface area contributed by atoms with Gasteiger partial charge in [-0.25, -0.2) is 0 Å². The first-order valence-corrected chi connectivity index (χ1v) is 9.32. The van der Waals surface area contributed by atoms with Crippen molar-refractivity contribution >= 4 is 17.7 Å². The van der Waals surface area contributed by atoms with Gasteiger partial charge < -0.3 is 13.9 Å². The summed E-state index contributed by atoms with van der Waals surface area (Å²) in [5, 5.41) is 9.25. The lowest BCUT2D eigenvalue weighted by Gasteiger charge is -2.15. The normalized spacial score (nSPS) is 10.9. The van der Waals surface area contributed by atoms with Gasteiger partial charge in [0.15, 0.2) is 11.0 Å². The van der Waals surface area contributed by atoms with Crippen LogP contribution in [0.15, 0.2) is 46.2 Å². The maximum absolute atomic E-state index is 12.4. The van der Waals surface area contributed by atoms with E-state index in [0.717, 1.165) is 34.6 Å². The number of aromatic nitrogens is 4. The van der Waals surface area contributed by atoms with Crippen molar-refractivity contribution in [1.82, 2.24) is 24.6 Å². The quantitative estimate of drug-likeness (QED) is 0.594. The predicted octanol–water partition coefficient (Wildman–Crippen LogP) is 3.01. The lowest BCUT2D eigenvalue weighted by molar-refractivity contribution is -0.127. The van der Waals surface area contributed by atoms with Gasteiger partial charge in [0.25, 0.3) is 0 Å². The molecule has 1 amide bonds. The van der Waals surface area contributed by atoms with Gasteiger partial charge in [0.2, 0.25) is 5.91 Å². The van der Waals surface area contributed by atoms with Crippen molar-refractivity contribution in [2.75, 3.05) is 12.8 Å². The Kier molecular flexibility index (Phi) is 5.72. The van der Waals surface area contributed by atoms with Crippen molar-refractivity contribution in [3.8, 4) is 11.4 Å². The largest absolute Gasteiger partial charge is 0.464 e. The van der Waals surface area contributed by atoms with Gasteiger partial charge in [-0.05, 0) is 38.1 Å². The van der Waals surface area contributed by atoms with Gasteiger partial charge in [-0.3, -0.25) is 9.78 Å². The molecule has 8 heteroatoms. The number of pyridine rings is 1. The highest BCUT2D eigenvalue weighted by molar-refractivity contribution is 7.99. The van der Waals surface area contributed by atoms with Crippen LogP contribution in [0.5, 0.6) is 0 Å². The average Bonchev–Trinajstić information content (AvgIpc) is 3.25. The number of carbonyl (C=O) groups excluding carboxylic acids is 1. The first-order valence-electron chi connectivity index (χ1n) is 8.34. The predicted molar refractivity (Wildman–Crippen MR) is 99.6 cm³/mol. The molecule has 0 bridgehead atoms. The number of hydrogen-bond acceptors (Lipinski definition) is 6. The minimum Gasteiger partial charge on any atom is -0.464 e. The van der Waals surface area contributed by atoms with Crippen molar-refractivity contribution in [2.45, 2.75) is 32.1 Å². The van der Waals surface area contributed by atoms with E-state index in [9.17, 15) is 4.79 Å². The molecule has 0 atom stereocenters. The van der Waals surface area contributed by atoms with E-state index in [-0.39, 0.29) is 5.91 Å².